The van der Waals surface area contributed by atoms with Gasteiger partial charge in [-0.25, -0.2) is 13.6 Å². The number of primary sulfonamides is 1. The maximum absolute atomic E-state index is 13.1. The molecule has 0 radical (unpaired) electrons. The third kappa shape index (κ3) is 4.42. The second-order valence-corrected chi connectivity index (χ2v) is 7.80. The molecule has 0 spiro atoms. The highest BCUT2D eigenvalue weighted by Crippen LogP contribution is 2.27. The molecule has 27 heavy (non-hydrogen) atoms. The van der Waals surface area contributed by atoms with Crippen molar-refractivity contribution in [1.82, 2.24) is 0 Å². The fourth-order valence-electron chi connectivity index (χ4n) is 2.98. The molecular formula is C21H20N2O3S. The average molecular weight is 380 g/mol. The number of hydrogen-bond acceptors (Lipinski definition) is 3. The quantitative estimate of drug-likeness (QED) is 0.711. The van der Waals surface area contributed by atoms with Crippen LogP contribution in [-0.2, 0) is 14.8 Å². The van der Waals surface area contributed by atoms with Crippen LogP contribution in [0.4, 0.5) is 5.69 Å². The number of sulfonamides is 1. The normalized spacial score (nSPS) is 11.4. The fourth-order valence-corrected chi connectivity index (χ4v) is 3.79. The zero-order valence-electron chi connectivity index (χ0n) is 14.8. The highest BCUT2D eigenvalue weighted by atomic mass is 32.2. The van der Waals surface area contributed by atoms with Gasteiger partial charge in [-0.15, -0.1) is 0 Å². The van der Waals surface area contributed by atoms with E-state index in [1.54, 1.807) is 19.1 Å². The molecule has 3 N–H and O–H groups in total. The summed E-state index contributed by atoms with van der Waals surface area (Å²) in [6.07, 6.45) is 0. The zero-order valence-corrected chi connectivity index (χ0v) is 15.6. The Morgan fingerprint density at radius 3 is 1.89 bits per heavy atom. The maximum Gasteiger partial charge on any atom is 0.238 e. The highest BCUT2D eigenvalue weighted by Gasteiger charge is 2.23. The fraction of sp³-hybridized carbons (Fsp3) is 0.0952. The van der Waals surface area contributed by atoms with E-state index < -0.39 is 15.9 Å². The lowest BCUT2D eigenvalue weighted by atomic mass is 9.90. The van der Waals surface area contributed by atoms with E-state index >= 15 is 0 Å². The Bertz CT molecular complexity index is 1010. The van der Waals surface area contributed by atoms with Crippen LogP contribution in [0.15, 0.2) is 83.8 Å². The number of anilines is 1. The Morgan fingerprint density at radius 1 is 0.889 bits per heavy atom. The average Bonchev–Trinajstić information content (AvgIpc) is 2.64. The molecule has 138 valence electrons. The molecule has 6 heteroatoms. The van der Waals surface area contributed by atoms with Crippen LogP contribution in [0.3, 0.4) is 0 Å². The number of carbonyl (C=O) groups is 1. The molecule has 3 aromatic rings. The number of aryl methyl sites for hydroxylation is 1. The van der Waals surface area contributed by atoms with Gasteiger partial charge in [0.25, 0.3) is 0 Å². The van der Waals surface area contributed by atoms with Crippen LogP contribution in [0, 0.1) is 6.92 Å². The van der Waals surface area contributed by atoms with Crippen LogP contribution >= 0.6 is 0 Å². The molecule has 0 heterocycles. The van der Waals surface area contributed by atoms with E-state index in [9.17, 15) is 13.2 Å². The van der Waals surface area contributed by atoms with Crippen molar-refractivity contribution in [3.63, 3.8) is 0 Å². The minimum Gasteiger partial charge on any atom is -0.325 e. The van der Waals surface area contributed by atoms with Crippen molar-refractivity contribution in [2.45, 2.75) is 17.7 Å². The number of nitrogens with two attached hydrogens (primary N) is 1. The van der Waals surface area contributed by atoms with Gasteiger partial charge in [0.15, 0.2) is 0 Å². The summed E-state index contributed by atoms with van der Waals surface area (Å²) in [6.45, 7) is 1.65. The van der Waals surface area contributed by atoms with Gasteiger partial charge in [0.1, 0.15) is 0 Å². The van der Waals surface area contributed by atoms with Gasteiger partial charge in [-0.3, -0.25) is 4.79 Å². The van der Waals surface area contributed by atoms with E-state index in [1.807, 2.05) is 60.7 Å². The van der Waals surface area contributed by atoms with Crippen molar-refractivity contribution in [3.8, 4) is 0 Å². The number of carbonyl (C=O) groups excluding carboxylic acids is 1. The van der Waals surface area contributed by atoms with Crippen molar-refractivity contribution < 1.29 is 13.2 Å². The van der Waals surface area contributed by atoms with Gasteiger partial charge in [0, 0.05) is 5.69 Å². The molecule has 0 aromatic heterocycles. The van der Waals surface area contributed by atoms with Gasteiger partial charge in [0.2, 0.25) is 15.9 Å². The minimum atomic E-state index is -3.87. The van der Waals surface area contributed by atoms with Gasteiger partial charge in [-0.1, -0.05) is 66.7 Å². The summed E-state index contributed by atoms with van der Waals surface area (Å²) >= 11 is 0. The largest absolute Gasteiger partial charge is 0.325 e. The van der Waals surface area contributed by atoms with Crippen LogP contribution < -0.4 is 10.5 Å². The Morgan fingerprint density at radius 2 is 1.41 bits per heavy atom. The topological polar surface area (TPSA) is 89.3 Å². The maximum atomic E-state index is 13.1. The van der Waals surface area contributed by atoms with Gasteiger partial charge in [0.05, 0.1) is 10.8 Å². The lowest BCUT2D eigenvalue weighted by Crippen LogP contribution is -2.22. The van der Waals surface area contributed by atoms with Gasteiger partial charge < -0.3 is 5.32 Å². The van der Waals surface area contributed by atoms with Crippen LogP contribution in [-0.4, -0.2) is 14.3 Å². The van der Waals surface area contributed by atoms with Crippen molar-refractivity contribution >= 4 is 21.6 Å². The van der Waals surface area contributed by atoms with Crippen LogP contribution in [0.2, 0.25) is 0 Å². The lowest BCUT2D eigenvalue weighted by Gasteiger charge is -2.18. The predicted molar refractivity (Wildman–Crippen MR) is 106 cm³/mol. The van der Waals surface area contributed by atoms with Crippen molar-refractivity contribution in [2.75, 3.05) is 5.32 Å². The van der Waals surface area contributed by atoms with Crippen molar-refractivity contribution in [3.05, 3.63) is 95.6 Å². The molecule has 0 saturated heterocycles. The molecule has 1 amide bonds. The highest BCUT2D eigenvalue weighted by molar-refractivity contribution is 7.89. The van der Waals surface area contributed by atoms with Gasteiger partial charge in [-0.2, -0.15) is 0 Å². The first kappa shape index (κ1) is 18.8. The summed E-state index contributed by atoms with van der Waals surface area (Å²) in [7, 11) is -3.87. The van der Waals surface area contributed by atoms with E-state index in [2.05, 4.69) is 5.32 Å². The molecule has 0 fully saturated rings. The Balaban J connectivity index is 1.97. The monoisotopic (exact) mass is 380 g/mol. The second kappa shape index (κ2) is 7.73. The summed E-state index contributed by atoms with van der Waals surface area (Å²) < 4.78 is 23.5. The van der Waals surface area contributed by atoms with E-state index in [0.29, 0.717) is 11.3 Å². The first-order valence-electron chi connectivity index (χ1n) is 8.40. The lowest BCUT2D eigenvalue weighted by molar-refractivity contribution is -0.116. The summed E-state index contributed by atoms with van der Waals surface area (Å²) in [6, 6.07) is 23.5. The molecule has 5 nitrogen and oxygen atoms in total. The van der Waals surface area contributed by atoms with E-state index in [1.165, 1.54) is 6.07 Å². The third-order valence-corrected chi connectivity index (χ3v) is 5.34. The van der Waals surface area contributed by atoms with E-state index in [-0.39, 0.29) is 10.8 Å². The minimum absolute atomic E-state index is 0.00345. The number of benzene rings is 3. The van der Waals surface area contributed by atoms with Gasteiger partial charge >= 0.3 is 0 Å². The molecule has 3 rings (SSSR count). The zero-order chi connectivity index (χ0) is 19.4. The SMILES string of the molecule is Cc1ccc(NC(=O)C(c2ccccc2)c2ccccc2)cc1S(N)(=O)=O. The van der Waals surface area contributed by atoms with Crippen LogP contribution in [0.1, 0.15) is 22.6 Å². The summed E-state index contributed by atoms with van der Waals surface area (Å²) in [5.74, 6) is -0.775. The van der Waals surface area contributed by atoms with E-state index in [4.69, 9.17) is 5.14 Å². The molecule has 0 atom stereocenters. The second-order valence-electron chi connectivity index (χ2n) is 6.27. The first-order chi connectivity index (χ1) is 12.9. The summed E-state index contributed by atoms with van der Waals surface area (Å²) in [5.41, 5.74) is 2.60. The summed E-state index contributed by atoms with van der Waals surface area (Å²) in [5, 5.41) is 8.08. The Hall–Kier alpha value is -2.96. The molecule has 0 saturated carbocycles. The third-order valence-electron chi connectivity index (χ3n) is 4.29. The molecule has 0 bridgehead atoms. The van der Waals surface area contributed by atoms with Crippen LogP contribution in [0.5, 0.6) is 0 Å². The summed E-state index contributed by atoms with van der Waals surface area (Å²) in [4.78, 5) is 13.1. The van der Waals surface area contributed by atoms with E-state index in [0.717, 1.165) is 11.1 Å². The number of rotatable bonds is 5. The number of amides is 1. The molecule has 3 aromatic carbocycles. The Kier molecular flexibility index (Phi) is 5.39. The smallest absolute Gasteiger partial charge is 0.238 e. The number of hydrogen-bond donors (Lipinski definition) is 2. The standard InChI is InChI=1S/C21H20N2O3S/c1-15-12-13-18(14-19(15)27(22,25)26)23-21(24)20(16-8-4-2-5-9-16)17-10-6-3-7-11-17/h2-14,20H,1H3,(H,23,24)(H2,22,25,26). The molecule has 0 aliphatic rings. The van der Waals surface area contributed by atoms with Gasteiger partial charge in [-0.05, 0) is 35.7 Å². The predicted octanol–water partition coefficient (Wildman–Crippen LogP) is 3.41. The first-order valence-corrected chi connectivity index (χ1v) is 9.95. The molecule has 0 unspecified atom stereocenters. The molecule has 0 aliphatic carbocycles. The van der Waals surface area contributed by atoms with Crippen LogP contribution in [0.25, 0.3) is 0 Å². The van der Waals surface area contributed by atoms with Crippen molar-refractivity contribution in [1.29, 1.82) is 0 Å². The van der Waals surface area contributed by atoms with Crippen molar-refractivity contribution in [2.24, 2.45) is 5.14 Å². The molecule has 0 aliphatic heterocycles. The molecular weight excluding hydrogens is 360 g/mol. The number of nitrogens with one attached hydrogen (secondary N) is 1. The Labute approximate surface area is 158 Å².